The molecule has 3 aliphatic rings. The van der Waals surface area contributed by atoms with E-state index in [2.05, 4.69) is 40.4 Å². The van der Waals surface area contributed by atoms with Gasteiger partial charge in [-0.1, -0.05) is 30.3 Å². The van der Waals surface area contributed by atoms with Crippen LogP contribution in [0.3, 0.4) is 0 Å². The van der Waals surface area contributed by atoms with Gasteiger partial charge in [-0.2, -0.15) is 0 Å². The molecule has 0 radical (unpaired) electrons. The highest BCUT2D eigenvalue weighted by Gasteiger charge is 2.45. The van der Waals surface area contributed by atoms with Crippen molar-refractivity contribution in [2.45, 2.75) is 50.4 Å². The predicted molar refractivity (Wildman–Crippen MR) is 132 cm³/mol. The number of carbonyl (C=O) groups excluding carboxylic acids is 2. The molecule has 2 aromatic rings. The molecule has 0 aromatic heterocycles. The third kappa shape index (κ3) is 4.42. The molecule has 3 heterocycles. The summed E-state index contributed by atoms with van der Waals surface area (Å²) >= 11 is 0. The Balaban J connectivity index is 1.22. The molecule has 0 saturated carbocycles. The molecule has 34 heavy (non-hydrogen) atoms. The van der Waals surface area contributed by atoms with Gasteiger partial charge in [0.1, 0.15) is 11.8 Å². The van der Waals surface area contributed by atoms with E-state index >= 15 is 0 Å². The molecule has 3 aliphatic heterocycles. The number of nitrogens with zero attached hydrogens (tertiary/aromatic N) is 3. The van der Waals surface area contributed by atoms with Gasteiger partial charge in [0, 0.05) is 50.4 Å². The van der Waals surface area contributed by atoms with E-state index in [1.54, 1.807) is 7.11 Å². The quantitative estimate of drug-likeness (QED) is 0.715. The van der Waals surface area contributed by atoms with Gasteiger partial charge in [0.15, 0.2) is 0 Å². The van der Waals surface area contributed by atoms with Gasteiger partial charge in [-0.25, -0.2) is 0 Å². The smallest absolute Gasteiger partial charge is 0.239 e. The average Bonchev–Trinajstić information content (AvgIpc) is 3.45. The second-order valence-electron chi connectivity index (χ2n) is 9.65. The van der Waals surface area contributed by atoms with Gasteiger partial charge in [0.2, 0.25) is 11.8 Å². The number of methoxy groups -OCH3 is 1. The molecule has 0 aliphatic carbocycles. The molecule has 2 aromatic carbocycles. The molecule has 2 fully saturated rings. The van der Waals surface area contributed by atoms with E-state index in [4.69, 9.17) is 4.74 Å². The number of fused-ring (bicyclic) bond motifs is 2. The van der Waals surface area contributed by atoms with Crippen molar-refractivity contribution in [3.63, 3.8) is 0 Å². The number of hydrogen-bond donors (Lipinski definition) is 1. The first-order chi connectivity index (χ1) is 16.5. The minimum Gasteiger partial charge on any atom is -0.497 e. The summed E-state index contributed by atoms with van der Waals surface area (Å²) in [5, 5.41) is 3.17. The average molecular weight is 463 g/mol. The summed E-state index contributed by atoms with van der Waals surface area (Å²) in [5.74, 6) is 1.12. The fraction of sp³-hybridized carbons (Fsp3) is 0.481. The highest BCUT2D eigenvalue weighted by Crippen LogP contribution is 2.31. The monoisotopic (exact) mass is 462 g/mol. The zero-order chi connectivity index (χ0) is 23.7. The van der Waals surface area contributed by atoms with Crippen molar-refractivity contribution in [3.8, 4) is 5.75 Å². The first-order valence-electron chi connectivity index (χ1n) is 12.3. The van der Waals surface area contributed by atoms with E-state index in [-0.39, 0.29) is 29.9 Å². The number of para-hydroxylation sites is 1. The molecule has 0 spiro atoms. The third-order valence-corrected chi connectivity index (χ3v) is 7.77. The van der Waals surface area contributed by atoms with Gasteiger partial charge in [-0.3, -0.25) is 19.4 Å². The summed E-state index contributed by atoms with van der Waals surface area (Å²) in [6.07, 6.45) is 3.12. The molecule has 5 rings (SSSR count). The first-order valence-corrected chi connectivity index (χ1v) is 12.3. The number of ether oxygens (including phenoxy) is 1. The van der Waals surface area contributed by atoms with Crippen LogP contribution in [-0.4, -0.2) is 73.5 Å². The lowest BCUT2D eigenvalue weighted by atomic mass is 10.0. The van der Waals surface area contributed by atoms with Gasteiger partial charge in [0.25, 0.3) is 0 Å². The van der Waals surface area contributed by atoms with Crippen molar-refractivity contribution in [3.05, 3.63) is 59.7 Å². The molecule has 0 bridgehead atoms. The lowest BCUT2D eigenvalue weighted by Crippen LogP contribution is -2.49. The Bertz CT molecular complexity index is 1040. The Labute approximate surface area is 201 Å². The van der Waals surface area contributed by atoms with E-state index in [0.717, 1.165) is 50.3 Å². The Morgan fingerprint density at radius 1 is 1.12 bits per heavy atom. The lowest BCUT2D eigenvalue weighted by Gasteiger charge is -2.33. The number of carbonyl (C=O) groups is 2. The lowest BCUT2D eigenvalue weighted by molar-refractivity contribution is -0.126. The summed E-state index contributed by atoms with van der Waals surface area (Å²) in [7, 11) is 3.79. The topological polar surface area (TPSA) is 65.1 Å². The highest BCUT2D eigenvalue weighted by molar-refractivity contribution is 5.95. The van der Waals surface area contributed by atoms with Crippen molar-refractivity contribution >= 4 is 17.5 Å². The van der Waals surface area contributed by atoms with Crippen LogP contribution in [0, 0.1) is 0 Å². The number of nitrogens with one attached hydrogen (secondary N) is 1. The number of amides is 2. The third-order valence-electron chi connectivity index (χ3n) is 7.77. The van der Waals surface area contributed by atoms with Crippen LogP contribution >= 0.6 is 0 Å². The van der Waals surface area contributed by atoms with Crippen LogP contribution in [0.1, 0.15) is 30.4 Å². The Morgan fingerprint density at radius 2 is 1.91 bits per heavy atom. The van der Waals surface area contributed by atoms with Crippen LogP contribution in [0.4, 0.5) is 5.69 Å². The highest BCUT2D eigenvalue weighted by atomic mass is 16.5. The minimum atomic E-state index is -0.168. The summed E-state index contributed by atoms with van der Waals surface area (Å²) in [6.45, 7) is 2.97. The first kappa shape index (κ1) is 22.9. The van der Waals surface area contributed by atoms with Gasteiger partial charge >= 0.3 is 0 Å². The van der Waals surface area contributed by atoms with Crippen molar-refractivity contribution in [1.82, 2.24) is 15.1 Å². The van der Waals surface area contributed by atoms with Crippen LogP contribution in [-0.2, 0) is 22.6 Å². The summed E-state index contributed by atoms with van der Waals surface area (Å²) < 4.78 is 5.26. The predicted octanol–water partition coefficient (Wildman–Crippen LogP) is 2.44. The largest absolute Gasteiger partial charge is 0.497 e. The molecule has 3 atom stereocenters. The SMILES string of the molecule is COc1ccc(CN2CC[C@H]3[C@H]2C(=O)NC[C@H](CCC(=O)N2CCc4ccccc42)N3C)cc1. The molecular weight excluding hydrogens is 428 g/mol. The summed E-state index contributed by atoms with van der Waals surface area (Å²) in [4.78, 5) is 32.7. The van der Waals surface area contributed by atoms with Gasteiger partial charge in [-0.15, -0.1) is 0 Å². The van der Waals surface area contributed by atoms with Crippen LogP contribution in [0.5, 0.6) is 5.75 Å². The van der Waals surface area contributed by atoms with Crippen LogP contribution < -0.4 is 15.0 Å². The molecule has 2 amide bonds. The van der Waals surface area contributed by atoms with Crippen molar-refractivity contribution < 1.29 is 14.3 Å². The van der Waals surface area contributed by atoms with E-state index < -0.39 is 0 Å². The second-order valence-corrected chi connectivity index (χ2v) is 9.65. The zero-order valence-corrected chi connectivity index (χ0v) is 20.1. The Hall–Kier alpha value is -2.90. The molecule has 7 nitrogen and oxygen atoms in total. The van der Waals surface area contributed by atoms with Gasteiger partial charge < -0.3 is 15.0 Å². The number of benzene rings is 2. The van der Waals surface area contributed by atoms with Crippen LogP contribution in [0.15, 0.2) is 48.5 Å². The maximum absolute atomic E-state index is 13.1. The second kappa shape index (κ2) is 9.76. The Kier molecular flexibility index (Phi) is 6.57. The molecule has 7 heteroatoms. The summed E-state index contributed by atoms with van der Waals surface area (Å²) in [5.41, 5.74) is 3.48. The minimum absolute atomic E-state index is 0.102. The number of likely N-dealkylation sites (N-methyl/N-ethyl adjacent to an activating group) is 1. The Morgan fingerprint density at radius 3 is 2.71 bits per heavy atom. The number of anilines is 1. The van der Waals surface area contributed by atoms with Crippen molar-refractivity contribution in [1.29, 1.82) is 0 Å². The molecule has 1 N–H and O–H groups in total. The maximum atomic E-state index is 13.1. The molecule has 0 unspecified atom stereocenters. The van der Waals surface area contributed by atoms with Gasteiger partial charge in [-0.05, 0) is 55.6 Å². The van der Waals surface area contributed by atoms with Crippen molar-refractivity contribution in [2.75, 3.05) is 38.7 Å². The van der Waals surface area contributed by atoms with Crippen molar-refractivity contribution in [2.24, 2.45) is 0 Å². The molecular formula is C27H34N4O3. The fourth-order valence-electron chi connectivity index (χ4n) is 5.81. The normalized spacial score (nSPS) is 24.9. The molecule has 2 saturated heterocycles. The van der Waals surface area contributed by atoms with E-state index in [0.29, 0.717) is 13.0 Å². The number of likely N-dealkylation sites (tertiary alicyclic amines) is 1. The van der Waals surface area contributed by atoms with E-state index in [1.165, 1.54) is 11.1 Å². The fourth-order valence-corrected chi connectivity index (χ4v) is 5.81. The summed E-state index contributed by atoms with van der Waals surface area (Å²) in [6, 6.07) is 16.4. The number of hydrogen-bond acceptors (Lipinski definition) is 5. The maximum Gasteiger partial charge on any atom is 0.239 e. The van der Waals surface area contributed by atoms with E-state index in [9.17, 15) is 9.59 Å². The van der Waals surface area contributed by atoms with E-state index in [1.807, 2.05) is 35.2 Å². The van der Waals surface area contributed by atoms with Crippen LogP contribution in [0.25, 0.3) is 0 Å². The zero-order valence-electron chi connectivity index (χ0n) is 20.1. The molecule has 180 valence electrons. The van der Waals surface area contributed by atoms with Crippen LogP contribution in [0.2, 0.25) is 0 Å². The van der Waals surface area contributed by atoms with Gasteiger partial charge in [0.05, 0.1) is 7.11 Å². The standard InChI is InChI=1S/C27H34N4O3/c1-29-21(9-12-25(32)31-16-13-20-5-3-4-6-23(20)31)17-28-27(33)26-24(29)14-15-30(26)18-19-7-10-22(34-2)11-8-19/h3-8,10-11,21,24,26H,9,12-18H2,1-2H3,(H,28,33)/t21-,24-,26-/m0/s1. The number of rotatable bonds is 6.